The van der Waals surface area contributed by atoms with Gasteiger partial charge in [-0.1, -0.05) is 109 Å². The van der Waals surface area contributed by atoms with Gasteiger partial charge < -0.3 is 4.57 Å². The van der Waals surface area contributed by atoms with E-state index in [0.29, 0.717) is 5.69 Å². The van der Waals surface area contributed by atoms with Gasteiger partial charge in [-0.05, 0) is 81.9 Å². The van der Waals surface area contributed by atoms with Gasteiger partial charge in [-0.2, -0.15) is 0 Å². The zero-order valence-electron chi connectivity index (χ0n) is 24.8. The summed E-state index contributed by atoms with van der Waals surface area (Å²) in [4.78, 5) is 3.87. The second-order valence-corrected chi connectivity index (χ2v) is 12.7. The Kier molecular flexibility index (Phi) is 6.09. The normalized spacial score (nSPS) is 11.5. The molecule has 0 atom stereocenters. The van der Waals surface area contributed by atoms with Crippen molar-refractivity contribution in [3.63, 3.8) is 0 Å². The molecule has 0 unspecified atom stereocenters. The van der Waals surface area contributed by atoms with Crippen LogP contribution < -0.4 is 0 Å². The first-order chi connectivity index (χ1) is 22.8. The fraction of sp³-hybridized carbons (Fsp3) is 0. The minimum atomic E-state index is 0.656. The molecule has 0 amide bonds. The third-order valence-corrected chi connectivity index (χ3v) is 10.2. The van der Waals surface area contributed by atoms with E-state index < -0.39 is 0 Å². The first kappa shape index (κ1) is 26.5. The summed E-state index contributed by atoms with van der Waals surface area (Å²) in [5, 5.41) is 5.06. The van der Waals surface area contributed by atoms with Crippen LogP contribution in [0, 0.1) is 6.57 Å². The smallest absolute Gasteiger partial charge is 0.194 e. The fourth-order valence-corrected chi connectivity index (χ4v) is 8.02. The van der Waals surface area contributed by atoms with Gasteiger partial charge in [-0.3, -0.25) is 0 Å². The van der Waals surface area contributed by atoms with Crippen molar-refractivity contribution in [1.29, 1.82) is 0 Å². The van der Waals surface area contributed by atoms with Crippen molar-refractivity contribution in [2.45, 2.75) is 0 Å². The molecular formula is C43H26N2S. The molecule has 2 nitrogen and oxygen atoms in total. The molecule has 2 aromatic heterocycles. The fourth-order valence-electron chi connectivity index (χ4n) is 6.94. The van der Waals surface area contributed by atoms with Crippen LogP contribution in [0.3, 0.4) is 0 Å². The van der Waals surface area contributed by atoms with Crippen LogP contribution in [0.25, 0.3) is 85.9 Å². The monoisotopic (exact) mass is 602 g/mol. The molecule has 0 bridgehead atoms. The maximum atomic E-state index is 7.87. The molecule has 0 fully saturated rings. The third-order valence-electron chi connectivity index (χ3n) is 9.02. The number of nitrogens with zero attached hydrogens (tertiary/aromatic N) is 2. The van der Waals surface area contributed by atoms with Gasteiger partial charge >= 0.3 is 0 Å². The summed E-state index contributed by atoms with van der Waals surface area (Å²) in [5.74, 6) is 0. The molecule has 0 spiro atoms. The van der Waals surface area contributed by atoms with Crippen LogP contribution in [0.15, 0.2) is 158 Å². The number of benzene rings is 7. The maximum absolute atomic E-state index is 7.87. The van der Waals surface area contributed by atoms with Crippen molar-refractivity contribution in [3.8, 4) is 39.1 Å². The lowest BCUT2D eigenvalue weighted by molar-refractivity contribution is 1.18. The first-order valence-corrected chi connectivity index (χ1v) is 16.2. The van der Waals surface area contributed by atoms with E-state index in [9.17, 15) is 0 Å². The second-order valence-electron chi connectivity index (χ2n) is 11.6. The van der Waals surface area contributed by atoms with Gasteiger partial charge in [0.25, 0.3) is 0 Å². The Morgan fingerprint density at radius 1 is 0.435 bits per heavy atom. The largest absolute Gasteiger partial charge is 0.309 e. The van der Waals surface area contributed by atoms with E-state index in [1.54, 1.807) is 0 Å². The molecule has 7 aromatic carbocycles. The molecule has 0 aliphatic carbocycles. The Balaban J connectivity index is 1.35. The number of rotatable bonds is 4. The molecular weight excluding hydrogens is 577 g/mol. The average Bonchev–Trinajstić information content (AvgIpc) is 3.67. The van der Waals surface area contributed by atoms with Gasteiger partial charge in [0.15, 0.2) is 5.69 Å². The van der Waals surface area contributed by atoms with E-state index in [1.165, 1.54) is 47.5 Å². The molecule has 0 N–H and O–H groups in total. The SMILES string of the molecule is [C-]#[N+]c1ccccc1-c1ccccc1-c1cc(-c2ccc3sc4ccccc4c3c2)cc(-n2c3ccccc3c3ccccc32)c1. The lowest BCUT2D eigenvalue weighted by atomic mass is 9.91. The number of aromatic nitrogens is 1. The van der Waals surface area contributed by atoms with Crippen molar-refractivity contribution in [2.24, 2.45) is 0 Å². The lowest BCUT2D eigenvalue weighted by Crippen LogP contribution is -1.96. The van der Waals surface area contributed by atoms with E-state index in [1.807, 2.05) is 29.5 Å². The molecule has 3 heteroatoms. The van der Waals surface area contributed by atoms with Crippen molar-refractivity contribution in [3.05, 3.63) is 169 Å². The molecule has 0 saturated heterocycles. The summed E-state index contributed by atoms with van der Waals surface area (Å²) in [6.07, 6.45) is 0. The number of hydrogen-bond donors (Lipinski definition) is 0. The number of fused-ring (bicyclic) bond motifs is 6. The molecule has 214 valence electrons. The van der Waals surface area contributed by atoms with Crippen LogP contribution in [0.4, 0.5) is 5.69 Å². The molecule has 0 aliphatic rings. The molecule has 46 heavy (non-hydrogen) atoms. The highest BCUT2D eigenvalue weighted by Crippen LogP contribution is 2.42. The summed E-state index contributed by atoms with van der Waals surface area (Å²) >= 11 is 1.84. The molecule has 2 heterocycles. The van der Waals surface area contributed by atoms with Crippen LogP contribution in [0.1, 0.15) is 0 Å². The van der Waals surface area contributed by atoms with Gasteiger partial charge in [0, 0.05) is 36.6 Å². The molecule has 0 radical (unpaired) electrons. The van der Waals surface area contributed by atoms with Crippen molar-refractivity contribution < 1.29 is 0 Å². The van der Waals surface area contributed by atoms with Crippen LogP contribution in [-0.4, -0.2) is 4.57 Å². The van der Waals surface area contributed by atoms with Gasteiger partial charge in [0.05, 0.1) is 17.6 Å². The predicted molar refractivity (Wildman–Crippen MR) is 196 cm³/mol. The van der Waals surface area contributed by atoms with Crippen molar-refractivity contribution >= 4 is 59.0 Å². The highest BCUT2D eigenvalue weighted by molar-refractivity contribution is 7.25. The minimum Gasteiger partial charge on any atom is -0.309 e. The van der Waals surface area contributed by atoms with Gasteiger partial charge in [0.2, 0.25) is 0 Å². The quantitative estimate of drug-likeness (QED) is 0.177. The summed E-state index contributed by atoms with van der Waals surface area (Å²) < 4.78 is 5.00. The van der Waals surface area contributed by atoms with E-state index in [2.05, 4.69) is 149 Å². The lowest BCUT2D eigenvalue weighted by Gasteiger charge is -2.17. The van der Waals surface area contributed by atoms with E-state index in [4.69, 9.17) is 6.57 Å². The summed E-state index contributed by atoms with van der Waals surface area (Å²) in [7, 11) is 0. The minimum absolute atomic E-state index is 0.656. The van der Waals surface area contributed by atoms with Crippen LogP contribution >= 0.6 is 11.3 Å². The number of para-hydroxylation sites is 3. The van der Waals surface area contributed by atoms with E-state index in [-0.39, 0.29) is 0 Å². The molecule has 0 aliphatic heterocycles. The highest BCUT2D eigenvalue weighted by atomic mass is 32.1. The Bertz CT molecular complexity index is 2610. The van der Waals surface area contributed by atoms with E-state index >= 15 is 0 Å². The molecule has 0 saturated carbocycles. The Morgan fingerprint density at radius 3 is 1.78 bits per heavy atom. The highest BCUT2D eigenvalue weighted by Gasteiger charge is 2.17. The summed E-state index contributed by atoms with van der Waals surface area (Å²) in [6.45, 7) is 7.87. The van der Waals surface area contributed by atoms with E-state index in [0.717, 1.165) is 33.5 Å². The molecule has 9 aromatic rings. The van der Waals surface area contributed by atoms with Gasteiger partial charge in [-0.15, -0.1) is 11.3 Å². The number of thiophene rings is 1. The average molecular weight is 603 g/mol. The zero-order chi connectivity index (χ0) is 30.6. The molecule has 9 rings (SSSR count). The van der Waals surface area contributed by atoms with Gasteiger partial charge in [-0.25, -0.2) is 4.85 Å². The van der Waals surface area contributed by atoms with Crippen LogP contribution in [-0.2, 0) is 0 Å². The van der Waals surface area contributed by atoms with Crippen LogP contribution in [0.5, 0.6) is 0 Å². The first-order valence-electron chi connectivity index (χ1n) is 15.4. The van der Waals surface area contributed by atoms with Crippen LogP contribution in [0.2, 0.25) is 0 Å². The standard InChI is InChI=1S/C43H26N2S/c1-44-39-18-8-4-14-34(39)33-13-3-2-12-32(33)30-24-29(28-22-23-43-38(27-28)37-17-7-11-21-42(37)46-43)25-31(26-30)45-40-19-9-5-15-35(40)36-16-6-10-20-41(36)45/h2-27H. The number of hydrogen-bond acceptors (Lipinski definition) is 1. The maximum Gasteiger partial charge on any atom is 0.194 e. The zero-order valence-corrected chi connectivity index (χ0v) is 25.6. The summed E-state index contributed by atoms with van der Waals surface area (Å²) in [5.41, 5.74) is 10.7. The van der Waals surface area contributed by atoms with Gasteiger partial charge in [0.1, 0.15) is 0 Å². The third kappa shape index (κ3) is 4.16. The second kappa shape index (κ2) is 10.6. The topological polar surface area (TPSA) is 9.29 Å². The van der Waals surface area contributed by atoms with Crippen molar-refractivity contribution in [1.82, 2.24) is 4.57 Å². The predicted octanol–water partition coefficient (Wildman–Crippen LogP) is 12.7. The summed E-state index contributed by atoms with van der Waals surface area (Å²) in [6, 6.07) is 56.2. The Hall–Kier alpha value is -5.95. The van der Waals surface area contributed by atoms with Crippen molar-refractivity contribution in [2.75, 3.05) is 0 Å². The Morgan fingerprint density at radius 2 is 1.02 bits per heavy atom. The Labute approximate surface area is 270 Å².